The van der Waals surface area contributed by atoms with Gasteiger partial charge in [0.1, 0.15) is 5.02 Å². The van der Waals surface area contributed by atoms with Crippen LogP contribution in [0.1, 0.15) is 33.8 Å². The van der Waals surface area contributed by atoms with E-state index in [4.69, 9.17) is 11.6 Å². The maximum atomic E-state index is 13.1. The van der Waals surface area contributed by atoms with Crippen LogP contribution in [0.4, 0.5) is 28.8 Å². The van der Waals surface area contributed by atoms with Crippen molar-refractivity contribution in [3.05, 3.63) is 75.6 Å². The number of aryl methyl sites for hydroxylation is 2. The lowest BCUT2D eigenvalue weighted by atomic mass is 10.0. The van der Waals surface area contributed by atoms with Gasteiger partial charge in [-0.05, 0) is 60.6 Å². The molecule has 6 bridgehead atoms. The number of amides is 2. The summed E-state index contributed by atoms with van der Waals surface area (Å²) in [5, 5.41) is 12.2. The molecule has 6 rings (SSSR count). The molecular formula is C27H25ClN8O2S. The number of nitrogens with one attached hydrogen (secondary N) is 3. The fourth-order valence-electron chi connectivity index (χ4n) is 4.86. The zero-order valence-corrected chi connectivity index (χ0v) is 22.4. The quantitative estimate of drug-likeness (QED) is 0.316. The number of fused-ring (bicyclic) bond motifs is 6. The number of thiazole rings is 1. The van der Waals surface area contributed by atoms with Gasteiger partial charge in [0.2, 0.25) is 11.9 Å². The Labute approximate surface area is 233 Å². The SMILES string of the molecule is O=C(C[C@H]1CCN(C(=O)c2nccs2)C1)Nc1ccc2cc1CCc1cncc(c1)Nc1ncc(Cl)c(n1)N2. The van der Waals surface area contributed by atoms with Crippen LogP contribution < -0.4 is 16.0 Å². The van der Waals surface area contributed by atoms with E-state index in [-0.39, 0.29) is 17.7 Å². The summed E-state index contributed by atoms with van der Waals surface area (Å²) >= 11 is 7.70. The minimum atomic E-state index is -0.0697. The number of anilines is 5. The molecular weight excluding hydrogens is 536 g/mol. The number of benzene rings is 1. The van der Waals surface area contributed by atoms with Crippen molar-refractivity contribution >= 4 is 63.6 Å². The maximum absolute atomic E-state index is 13.1. The normalized spacial score (nSPS) is 16.2. The van der Waals surface area contributed by atoms with Crippen LogP contribution in [0.15, 0.2) is 54.4 Å². The number of carbonyl (C=O) groups excluding carboxylic acids is 2. The second kappa shape index (κ2) is 11.0. The minimum Gasteiger partial charge on any atom is -0.339 e. The van der Waals surface area contributed by atoms with E-state index < -0.39 is 0 Å². The van der Waals surface area contributed by atoms with Gasteiger partial charge in [0.05, 0.1) is 18.1 Å². The molecule has 2 aliphatic rings. The van der Waals surface area contributed by atoms with Crippen molar-refractivity contribution in [3.8, 4) is 0 Å². The van der Waals surface area contributed by atoms with E-state index in [0.717, 1.165) is 41.0 Å². The fraction of sp³-hybridized carbons (Fsp3) is 0.259. The van der Waals surface area contributed by atoms with Crippen LogP contribution in [-0.2, 0) is 17.6 Å². The second-order valence-electron chi connectivity index (χ2n) is 9.59. The van der Waals surface area contributed by atoms with Gasteiger partial charge < -0.3 is 20.9 Å². The molecule has 2 amide bonds. The highest BCUT2D eigenvalue weighted by Gasteiger charge is 2.29. The number of hydrogen-bond donors (Lipinski definition) is 3. The van der Waals surface area contributed by atoms with E-state index >= 15 is 0 Å². The smallest absolute Gasteiger partial charge is 0.282 e. The van der Waals surface area contributed by atoms with E-state index in [2.05, 4.69) is 35.9 Å². The van der Waals surface area contributed by atoms with Crippen molar-refractivity contribution in [3.63, 3.8) is 0 Å². The molecule has 0 saturated carbocycles. The molecule has 3 aromatic heterocycles. The minimum absolute atomic E-state index is 0.0630. The number of pyridine rings is 1. The topological polar surface area (TPSA) is 125 Å². The largest absolute Gasteiger partial charge is 0.339 e. The van der Waals surface area contributed by atoms with Crippen LogP contribution in [0, 0.1) is 5.92 Å². The van der Waals surface area contributed by atoms with Crippen molar-refractivity contribution < 1.29 is 9.59 Å². The number of halogens is 1. The molecule has 10 nitrogen and oxygen atoms in total. The predicted molar refractivity (Wildman–Crippen MR) is 151 cm³/mol. The van der Waals surface area contributed by atoms with Gasteiger partial charge in [-0.2, -0.15) is 4.98 Å². The molecule has 0 unspecified atom stereocenters. The Balaban J connectivity index is 1.19. The van der Waals surface area contributed by atoms with Crippen LogP contribution in [0.3, 0.4) is 0 Å². The highest BCUT2D eigenvalue weighted by molar-refractivity contribution is 7.11. The first-order valence-corrected chi connectivity index (χ1v) is 13.9. The Morgan fingerprint density at radius 3 is 2.90 bits per heavy atom. The molecule has 0 spiro atoms. The molecule has 39 heavy (non-hydrogen) atoms. The molecule has 12 heteroatoms. The molecule has 1 aromatic carbocycles. The highest BCUT2D eigenvalue weighted by Crippen LogP contribution is 2.30. The predicted octanol–water partition coefficient (Wildman–Crippen LogP) is 5.06. The van der Waals surface area contributed by atoms with Gasteiger partial charge >= 0.3 is 0 Å². The Bertz CT molecular complexity index is 1530. The van der Waals surface area contributed by atoms with Crippen molar-refractivity contribution in [1.82, 2.24) is 24.8 Å². The molecule has 1 atom stereocenters. The lowest BCUT2D eigenvalue weighted by Crippen LogP contribution is -2.29. The Morgan fingerprint density at radius 2 is 2.03 bits per heavy atom. The van der Waals surface area contributed by atoms with Crippen LogP contribution in [-0.4, -0.2) is 49.7 Å². The third-order valence-electron chi connectivity index (χ3n) is 6.78. The molecule has 0 aliphatic carbocycles. The summed E-state index contributed by atoms with van der Waals surface area (Å²) in [5.74, 6) is 0.850. The first-order chi connectivity index (χ1) is 19.0. The lowest BCUT2D eigenvalue weighted by molar-refractivity contribution is -0.117. The highest BCUT2D eigenvalue weighted by atomic mass is 35.5. The molecule has 4 aromatic rings. The summed E-state index contributed by atoms with van der Waals surface area (Å²) in [6.07, 6.45) is 9.27. The maximum Gasteiger partial charge on any atom is 0.282 e. The van der Waals surface area contributed by atoms with E-state index in [1.165, 1.54) is 11.3 Å². The average molecular weight is 561 g/mol. The monoisotopic (exact) mass is 560 g/mol. The number of aromatic nitrogens is 4. The Morgan fingerprint density at radius 1 is 1.10 bits per heavy atom. The number of carbonyl (C=O) groups is 2. The van der Waals surface area contributed by atoms with Gasteiger partial charge in [0.15, 0.2) is 10.8 Å². The molecule has 0 radical (unpaired) electrons. The summed E-state index contributed by atoms with van der Waals surface area (Å²) in [4.78, 5) is 44.7. The second-order valence-corrected chi connectivity index (χ2v) is 10.9. The molecule has 5 heterocycles. The van der Waals surface area contributed by atoms with Crippen LogP contribution in [0.2, 0.25) is 5.02 Å². The van der Waals surface area contributed by atoms with Gasteiger partial charge in [-0.15, -0.1) is 11.3 Å². The van der Waals surface area contributed by atoms with Gasteiger partial charge in [0, 0.05) is 48.7 Å². The average Bonchev–Trinajstić information content (AvgIpc) is 3.63. The van der Waals surface area contributed by atoms with Crippen molar-refractivity contribution in [1.29, 1.82) is 0 Å². The van der Waals surface area contributed by atoms with E-state index in [9.17, 15) is 9.59 Å². The number of nitrogens with zero attached hydrogens (tertiary/aromatic N) is 5. The van der Waals surface area contributed by atoms with Gasteiger partial charge in [-0.1, -0.05) is 11.6 Å². The summed E-state index contributed by atoms with van der Waals surface area (Å²) in [5.41, 5.74) is 4.35. The van der Waals surface area contributed by atoms with Crippen molar-refractivity contribution in [2.45, 2.75) is 25.7 Å². The molecule has 2 aliphatic heterocycles. The summed E-state index contributed by atoms with van der Waals surface area (Å²) in [6, 6.07) is 7.79. The van der Waals surface area contributed by atoms with E-state index in [1.54, 1.807) is 28.9 Å². The van der Waals surface area contributed by atoms with Crippen LogP contribution >= 0.6 is 22.9 Å². The van der Waals surface area contributed by atoms with Crippen molar-refractivity contribution in [2.24, 2.45) is 5.92 Å². The number of rotatable bonds is 4. The molecule has 1 saturated heterocycles. The number of hydrogen-bond acceptors (Lipinski definition) is 9. The third-order valence-corrected chi connectivity index (χ3v) is 7.82. The van der Waals surface area contributed by atoms with Crippen LogP contribution in [0.5, 0.6) is 0 Å². The lowest BCUT2D eigenvalue weighted by Gasteiger charge is -2.17. The standard InChI is InChI=1S/C27H25ClN8O2S/c28-21-14-31-27-33-20-9-16(12-29-13-20)1-2-18-11-19(32-24(21)35-27)3-4-22(18)34-23(37)10-17-5-7-36(15-17)26(38)25-30-6-8-39-25/h3-4,6,8-9,11-14,17H,1-2,5,7,10,15H2,(H,34,37)(H2,31,32,33,35)/t17-/m1/s1. The van der Waals surface area contributed by atoms with Gasteiger partial charge in [-0.25, -0.2) is 9.97 Å². The third kappa shape index (κ3) is 5.84. The summed E-state index contributed by atoms with van der Waals surface area (Å²) in [6.45, 7) is 1.19. The van der Waals surface area contributed by atoms with Gasteiger partial charge in [0.25, 0.3) is 5.91 Å². The van der Waals surface area contributed by atoms with E-state index in [0.29, 0.717) is 47.7 Å². The molecule has 3 N–H and O–H groups in total. The number of likely N-dealkylation sites (tertiary alicyclic amines) is 1. The first kappa shape index (κ1) is 25.2. The zero-order valence-electron chi connectivity index (χ0n) is 20.9. The first-order valence-electron chi connectivity index (χ1n) is 12.6. The fourth-order valence-corrected chi connectivity index (χ4v) is 5.60. The van der Waals surface area contributed by atoms with Crippen LogP contribution in [0.25, 0.3) is 0 Å². The molecule has 198 valence electrons. The van der Waals surface area contributed by atoms with Crippen molar-refractivity contribution in [2.75, 3.05) is 29.0 Å². The Hall–Kier alpha value is -4.09. The van der Waals surface area contributed by atoms with E-state index in [1.807, 2.05) is 30.5 Å². The Kier molecular flexibility index (Phi) is 7.08. The summed E-state index contributed by atoms with van der Waals surface area (Å²) in [7, 11) is 0. The zero-order chi connectivity index (χ0) is 26.8. The molecule has 1 fully saturated rings. The summed E-state index contributed by atoms with van der Waals surface area (Å²) < 4.78 is 0. The van der Waals surface area contributed by atoms with Gasteiger partial charge in [-0.3, -0.25) is 14.6 Å².